The lowest BCUT2D eigenvalue weighted by molar-refractivity contribution is 0.640. The Hall–Kier alpha value is -0.990. The number of pyridine rings is 1. The number of anilines is 2. The summed E-state index contributed by atoms with van der Waals surface area (Å²) in [5.74, 6) is 1.62. The predicted octanol–water partition coefficient (Wildman–Crippen LogP) is 3.15. The van der Waals surface area contributed by atoms with Crippen molar-refractivity contribution in [1.82, 2.24) is 15.0 Å². The maximum atomic E-state index is 6.06. The average molecular weight is 416 g/mol. The second-order valence-electron chi connectivity index (χ2n) is 5.13. The second kappa shape index (κ2) is 6.41. The Morgan fingerprint density at radius 3 is 2.48 bits per heavy atom. The number of halogens is 2. The van der Waals surface area contributed by atoms with Gasteiger partial charge >= 0.3 is 0 Å². The molecule has 21 heavy (non-hydrogen) atoms. The molecular weight excluding hydrogens is 401 g/mol. The van der Waals surface area contributed by atoms with E-state index in [9.17, 15) is 0 Å². The van der Waals surface area contributed by atoms with Crippen molar-refractivity contribution < 1.29 is 0 Å². The zero-order valence-corrected chi connectivity index (χ0v) is 14.2. The molecule has 1 fully saturated rings. The molecule has 0 amide bonds. The monoisotopic (exact) mass is 415 g/mol. The Morgan fingerprint density at radius 1 is 1.10 bits per heavy atom. The topological polar surface area (TPSA) is 67.9 Å². The Morgan fingerprint density at radius 2 is 1.90 bits per heavy atom. The van der Waals surface area contributed by atoms with E-state index in [4.69, 9.17) is 17.3 Å². The zero-order chi connectivity index (χ0) is 14.8. The van der Waals surface area contributed by atoms with E-state index in [1.54, 1.807) is 12.4 Å². The van der Waals surface area contributed by atoms with E-state index in [-0.39, 0.29) is 6.04 Å². The van der Waals surface area contributed by atoms with Crippen molar-refractivity contribution in [2.24, 2.45) is 5.73 Å². The van der Waals surface area contributed by atoms with Crippen molar-refractivity contribution in [3.8, 4) is 0 Å². The van der Waals surface area contributed by atoms with Crippen LogP contribution in [0.1, 0.15) is 19.3 Å². The molecule has 0 unspecified atom stereocenters. The molecule has 0 bridgehead atoms. The van der Waals surface area contributed by atoms with Gasteiger partial charge in [-0.1, -0.05) is 11.6 Å². The molecule has 1 aliphatic rings. The summed E-state index contributed by atoms with van der Waals surface area (Å²) >= 11 is 8.08. The molecule has 0 spiro atoms. The van der Waals surface area contributed by atoms with Crippen molar-refractivity contribution in [1.29, 1.82) is 0 Å². The molecule has 1 saturated carbocycles. The smallest absolute Gasteiger partial charge is 0.153 e. The van der Waals surface area contributed by atoms with Crippen LogP contribution >= 0.6 is 34.2 Å². The standard InChI is InChI=1S/C14H15ClIN5/c15-12-7-20-14(8-18-12)21(11-3-2-10(17)5-11)13-4-1-9(16)6-19-13/h1,4,6-8,10-11H,2-3,5,17H2/t10-,11-/m0/s1. The van der Waals surface area contributed by atoms with Crippen molar-refractivity contribution in [2.75, 3.05) is 4.90 Å². The van der Waals surface area contributed by atoms with Gasteiger partial charge in [-0.15, -0.1) is 0 Å². The maximum absolute atomic E-state index is 6.06. The molecule has 0 radical (unpaired) electrons. The zero-order valence-electron chi connectivity index (χ0n) is 11.3. The molecule has 0 saturated heterocycles. The van der Waals surface area contributed by atoms with Crippen molar-refractivity contribution in [3.05, 3.63) is 39.4 Å². The third-order valence-electron chi connectivity index (χ3n) is 3.62. The Labute approximate surface area is 142 Å². The SMILES string of the molecule is N[C@H]1CC[C@H](N(c2ccc(I)cn2)c2cnc(Cl)cn2)C1. The second-order valence-corrected chi connectivity index (χ2v) is 6.76. The van der Waals surface area contributed by atoms with Crippen LogP contribution in [0.15, 0.2) is 30.7 Å². The first-order valence-electron chi connectivity index (χ1n) is 6.77. The molecule has 0 aliphatic heterocycles. The minimum atomic E-state index is 0.238. The maximum Gasteiger partial charge on any atom is 0.153 e. The molecule has 110 valence electrons. The lowest BCUT2D eigenvalue weighted by Gasteiger charge is -2.29. The summed E-state index contributed by atoms with van der Waals surface area (Å²) < 4.78 is 1.10. The normalized spacial score (nSPS) is 21.5. The van der Waals surface area contributed by atoms with Crippen LogP contribution in [0.2, 0.25) is 5.15 Å². The largest absolute Gasteiger partial charge is 0.328 e. The van der Waals surface area contributed by atoms with Gasteiger partial charge in [0.05, 0.1) is 12.4 Å². The molecule has 2 aromatic rings. The Kier molecular flexibility index (Phi) is 4.56. The molecule has 2 atom stereocenters. The number of nitrogens with two attached hydrogens (primary N) is 1. The van der Waals surface area contributed by atoms with Gasteiger partial charge in [-0.2, -0.15) is 0 Å². The van der Waals surface area contributed by atoms with Gasteiger partial charge < -0.3 is 10.6 Å². The van der Waals surface area contributed by atoms with Crippen LogP contribution < -0.4 is 10.6 Å². The highest BCUT2D eigenvalue weighted by Gasteiger charge is 2.30. The summed E-state index contributed by atoms with van der Waals surface area (Å²) in [5, 5.41) is 0.386. The van der Waals surface area contributed by atoms with E-state index in [1.165, 1.54) is 0 Å². The molecule has 2 aromatic heterocycles. The van der Waals surface area contributed by atoms with Crippen molar-refractivity contribution in [2.45, 2.75) is 31.3 Å². The molecular formula is C14H15ClIN5. The predicted molar refractivity (Wildman–Crippen MR) is 91.7 cm³/mol. The van der Waals surface area contributed by atoms with Gasteiger partial charge in [0.2, 0.25) is 0 Å². The Bertz CT molecular complexity index is 558. The minimum Gasteiger partial charge on any atom is -0.328 e. The minimum absolute atomic E-state index is 0.238. The van der Waals surface area contributed by atoms with Crippen LogP contribution in [0.3, 0.4) is 0 Å². The summed E-state index contributed by atoms with van der Waals surface area (Å²) in [4.78, 5) is 15.2. The summed E-state index contributed by atoms with van der Waals surface area (Å²) in [7, 11) is 0. The number of aromatic nitrogens is 3. The van der Waals surface area contributed by atoms with Crippen LogP contribution in [-0.2, 0) is 0 Å². The van der Waals surface area contributed by atoms with Crippen LogP contribution in [0, 0.1) is 3.57 Å². The fourth-order valence-electron chi connectivity index (χ4n) is 2.66. The quantitative estimate of drug-likeness (QED) is 0.780. The van der Waals surface area contributed by atoms with E-state index >= 15 is 0 Å². The lowest BCUT2D eigenvalue weighted by atomic mass is 10.2. The van der Waals surface area contributed by atoms with E-state index in [2.05, 4.69) is 42.4 Å². The van der Waals surface area contributed by atoms with E-state index in [1.807, 2.05) is 18.3 Å². The fourth-order valence-corrected chi connectivity index (χ4v) is 3.07. The van der Waals surface area contributed by atoms with E-state index in [0.717, 1.165) is 34.5 Å². The lowest BCUT2D eigenvalue weighted by Crippen LogP contribution is -2.32. The summed E-state index contributed by atoms with van der Waals surface area (Å²) in [5.41, 5.74) is 6.06. The highest BCUT2D eigenvalue weighted by atomic mass is 127. The molecule has 1 aliphatic carbocycles. The number of hydrogen-bond acceptors (Lipinski definition) is 5. The molecule has 2 heterocycles. The van der Waals surface area contributed by atoms with Gasteiger partial charge in [0.1, 0.15) is 11.0 Å². The first-order chi connectivity index (χ1) is 10.1. The van der Waals surface area contributed by atoms with Gasteiger partial charge in [-0.25, -0.2) is 15.0 Å². The van der Waals surface area contributed by atoms with Gasteiger partial charge in [0, 0.05) is 21.9 Å². The number of nitrogens with zero attached hydrogens (tertiary/aromatic N) is 4. The first kappa shape index (κ1) is 14.9. The molecule has 3 rings (SSSR count). The first-order valence-corrected chi connectivity index (χ1v) is 8.23. The third kappa shape index (κ3) is 3.44. The van der Waals surface area contributed by atoms with Gasteiger partial charge in [-0.05, 0) is 54.0 Å². The van der Waals surface area contributed by atoms with Crippen LogP contribution in [0.5, 0.6) is 0 Å². The highest BCUT2D eigenvalue weighted by Crippen LogP contribution is 2.32. The van der Waals surface area contributed by atoms with Crippen LogP contribution in [0.4, 0.5) is 11.6 Å². The molecule has 7 heteroatoms. The molecule has 0 aromatic carbocycles. The third-order valence-corrected chi connectivity index (χ3v) is 4.46. The van der Waals surface area contributed by atoms with Crippen LogP contribution in [0.25, 0.3) is 0 Å². The van der Waals surface area contributed by atoms with Gasteiger partial charge in [-0.3, -0.25) is 0 Å². The highest BCUT2D eigenvalue weighted by molar-refractivity contribution is 14.1. The average Bonchev–Trinajstić information content (AvgIpc) is 2.90. The molecule has 2 N–H and O–H groups in total. The van der Waals surface area contributed by atoms with Crippen molar-refractivity contribution in [3.63, 3.8) is 0 Å². The van der Waals surface area contributed by atoms with Crippen LogP contribution in [-0.4, -0.2) is 27.0 Å². The van der Waals surface area contributed by atoms with Gasteiger partial charge in [0.25, 0.3) is 0 Å². The summed E-state index contributed by atoms with van der Waals surface area (Å²) in [6.45, 7) is 0. The van der Waals surface area contributed by atoms with Gasteiger partial charge in [0.15, 0.2) is 5.82 Å². The van der Waals surface area contributed by atoms with Crippen molar-refractivity contribution >= 4 is 45.8 Å². The molecule has 5 nitrogen and oxygen atoms in total. The Balaban J connectivity index is 1.98. The van der Waals surface area contributed by atoms with E-state index < -0.39 is 0 Å². The summed E-state index contributed by atoms with van der Waals surface area (Å²) in [6, 6.07) is 4.57. The number of rotatable bonds is 3. The summed E-state index contributed by atoms with van der Waals surface area (Å²) in [6.07, 6.45) is 8.07. The van der Waals surface area contributed by atoms with E-state index in [0.29, 0.717) is 11.2 Å². The number of hydrogen-bond donors (Lipinski definition) is 1. The fraction of sp³-hybridized carbons (Fsp3) is 0.357.